The lowest BCUT2D eigenvalue weighted by atomic mass is 10.2. The average molecular weight is 351 g/mol. The molecule has 2 aliphatic rings. The van der Waals surface area contributed by atoms with Gasteiger partial charge in [0.25, 0.3) is 0 Å². The van der Waals surface area contributed by atoms with Gasteiger partial charge in [0.05, 0.1) is 23.3 Å². The highest BCUT2D eigenvalue weighted by Gasteiger charge is 2.30. The number of ether oxygens (including phenoxy) is 1. The number of nitrogens with one attached hydrogen (secondary N) is 3. The Kier molecular flexibility index (Phi) is 3.93. The van der Waals surface area contributed by atoms with Crippen molar-refractivity contribution in [2.45, 2.75) is 11.1 Å². The van der Waals surface area contributed by atoms with E-state index in [1.165, 1.54) is 39.5 Å². The quantitative estimate of drug-likeness (QED) is 0.694. The lowest BCUT2D eigenvalue weighted by molar-refractivity contribution is 0.240. The summed E-state index contributed by atoms with van der Waals surface area (Å²) in [5.41, 5.74) is 1.29. The molecule has 0 saturated carbocycles. The fourth-order valence-electron chi connectivity index (χ4n) is 2.35. The van der Waals surface area contributed by atoms with Crippen molar-refractivity contribution in [1.82, 2.24) is 20.3 Å². The van der Waals surface area contributed by atoms with E-state index >= 15 is 0 Å². The van der Waals surface area contributed by atoms with Gasteiger partial charge in [0.1, 0.15) is 11.6 Å². The largest absolute Gasteiger partial charge is 0.496 e. The molecule has 0 radical (unpaired) electrons. The van der Waals surface area contributed by atoms with Crippen LogP contribution in [0.3, 0.4) is 0 Å². The van der Waals surface area contributed by atoms with Crippen LogP contribution in [-0.4, -0.2) is 52.0 Å². The number of benzene rings is 1. The monoisotopic (exact) mass is 351 g/mol. The van der Waals surface area contributed by atoms with Gasteiger partial charge in [-0.25, -0.2) is 22.5 Å². The number of methoxy groups -OCH3 is 1. The Hall–Kier alpha value is -2.59. The van der Waals surface area contributed by atoms with Crippen molar-refractivity contribution in [2.75, 3.05) is 21.2 Å². The number of fused-ring (bicyclic) bond motifs is 1. The van der Waals surface area contributed by atoms with E-state index in [9.17, 15) is 13.2 Å². The molecule has 24 heavy (non-hydrogen) atoms. The number of hydrogen-bond acceptors (Lipinski definition) is 6. The van der Waals surface area contributed by atoms with E-state index in [-0.39, 0.29) is 10.9 Å². The van der Waals surface area contributed by atoms with Crippen LogP contribution in [0.25, 0.3) is 0 Å². The van der Waals surface area contributed by atoms with Crippen LogP contribution in [0.1, 0.15) is 5.56 Å². The number of carbonyl (C=O) groups excluding carboxylic acids is 1. The number of hydrogen-bond donors (Lipinski definition) is 3. The minimum Gasteiger partial charge on any atom is -0.496 e. The molecule has 10 heteroatoms. The molecule has 1 atom stereocenters. The van der Waals surface area contributed by atoms with Gasteiger partial charge in [0.15, 0.2) is 6.17 Å². The third kappa shape index (κ3) is 2.69. The van der Waals surface area contributed by atoms with E-state index in [0.717, 1.165) is 4.31 Å². The van der Waals surface area contributed by atoms with Crippen molar-refractivity contribution in [3.05, 3.63) is 35.7 Å². The van der Waals surface area contributed by atoms with Gasteiger partial charge in [-0.15, -0.1) is 0 Å². The lowest BCUT2D eigenvalue weighted by Gasteiger charge is -2.17. The Morgan fingerprint density at radius 1 is 1.29 bits per heavy atom. The Labute approximate surface area is 139 Å². The van der Waals surface area contributed by atoms with Crippen molar-refractivity contribution in [1.29, 1.82) is 0 Å². The van der Waals surface area contributed by atoms with Crippen LogP contribution in [0.4, 0.5) is 4.79 Å². The zero-order valence-corrected chi connectivity index (χ0v) is 14.1. The summed E-state index contributed by atoms with van der Waals surface area (Å²) in [5, 5.41) is 8.27. The molecule has 9 nitrogen and oxygen atoms in total. The average Bonchev–Trinajstić information content (AvgIpc) is 2.96. The molecule has 0 fully saturated rings. The molecule has 2 aliphatic heterocycles. The smallest absolute Gasteiger partial charge is 0.320 e. The molecule has 0 aromatic heterocycles. The molecule has 0 spiro atoms. The van der Waals surface area contributed by atoms with Crippen molar-refractivity contribution < 1.29 is 17.9 Å². The highest BCUT2D eigenvalue weighted by Crippen LogP contribution is 2.27. The molecule has 0 saturated heterocycles. The van der Waals surface area contributed by atoms with Gasteiger partial charge in [0.2, 0.25) is 10.0 Å². The van der Waals surface area contributed by atoms with Gasteiger partial charge >= 0.3 is 6.03 Å². The molecule has 1 aromatic carbocycles. The maximum absolute atomic E-state index is 12.2. The molecule has 0 bridgehead atoms. The number of rotatable bonds is 4. The van der Waals surface area contributed by atoms with Gasteiger partial charge < -0.3 is 20.7 Å². The summed E-state index contributed by atoms with van der Waals surface area (Å²) in [6, 6.07) is 4.22. The van der Waals surface area contributed by atoms with Crippen molar-refractivity contribution in [3.8, 4) is 5.75 Å². The van der Waals surface area contributed by atoms with E-state index < -0.39 is 16.2 Å². The molecule has 1 aromatic rings. The van der Waals surface area contributed by atoms with Crippen molar-refractivity contribution >= 4 is 21.9 Å². The van der Waals surface area contributed by atoms with Crippen LogP contribution in [0.2, 0.25) is 0 Å². The number of carbonyl (C=O) groups is 1. The van der Waals surface area contributed by atoms with E-state index in [1.807, 2.05) is 0 Å². The standard InChI is InChI=1S/C14H17N5O4S/c1-19(2)24(21,22)8-4-5-9(11(6-8)23-3)12-16-10-7-15-14(20)18-13(10)17-12/h4-7,13H,1-3H3,(H,16,17)(H2,15,18,20). The van der Waals surface area contributed by atoms with Gasteiger partial charge in [-0.2, -0.15) is 0 Å². The van der Waals surface area contributed by atoms with Crippen LogP contribution in [0.5, 0.6) is 5.75 Å². The van der Waals surface area contributed by atoms with E-state index in [0.29, 0.717) is 22.8 Å². The predicted molar refractivity (Wildman–Crippen MR) is 87.1 cm³/mol. The van der Waals surface area contributed by atoms with Gasteiger partial charge in [-0.3, -0.25) is 0 Å². The van der Waals surface area contributed by atoms with E-state index in [1.54, 1.807) is 6.07 Å². The number of nitrogens with zero attached hydrogens (tertiary/aromatic N) is 2. The third-order valence-electron chi connectivity index (χ3n) is 3.65. The maximum Gasteiger partial charge on any atom is 0.320 e. The van der Waals surface area contributed by atoms with Crippen LogP contribution < -0.4 is 20.7 Å². The summed E-state index contributed by atoms with van der Waals surface area (Å²) in [6.45, 7) is 0. The second kappa shape index (κ2) is 5.80. The molecule has 1 unspecified atom stereocenters. The molecular weight excluding hydrogens is 334 g/mol. The third-order valence-corrected chi connectivity index (χ3v) is 5.46. The summed E-state index contributed by atoms with van der Waals surface area (Å²) >= 11 is 0. The lowest BCUT2D eigenvalue weighted by Crippen LogP contribution is -2.45. The summed E-state index contributed by atoms with van der Waals surface area (Å²) < 4.78 is 30.9. The Balaban J connectivity index is 1.99. The zero-order chi connectivity index (χ0) is 17.5. The first-order valence-electron chi connectivity index (χ1n) is 7.06. The van der Waals surface area contributed by atoms with Crippen molar-refractivity contribution in [3.63, 3.8) is 0 Å². The number of amidine groups is 1. The normalized spacial score (nSPS) is 19.7. The van der Waals surface area contributed by atoms with Crippen LogP contribution in [0.15, 0.2) is 40.0 Å². The second-order valence-electron chi connectivity index (χ2n) is 5.37. The Bertz CT molecular complexity index is 860. The highest BCUT2D eigenvalue weighted by atomic mass is 32.2. The molecule has 0 aliphatic carbocycles. The fourth-order valence-corrected chi connectivity index (χ4v) is 3.26. The fraction of sp³-hybridized carbons (Fsp3) is 0.286. The topological polar surface area (TPSA) is 112 Å². The van der Waals surface area contributed by atoms with E-state index in [2.05, 4.69) is 20.9 Å². The minimum atomic E-state index is -3.56. The number of urea groups is 1. The molecule has 2 heterocycles. The van der Waals surface area contributed by atoms with Crippen molar-refractivity contribution in [2.24, 2.45) is 4.99 Å². The van der Waals surface area contributed by atoms with Crippen LogP contribution >= 0.6 is 0 Å². The SMILES string of the molecule is COc1cc(S(=O)(=O)N(C)C)ccc1C1=NC2NC(=O)NC=C2N1. The zero-order valence-electron chi connectivity index (χ0n) is 13.3. The Morgan fingerprint density at radius 3 is 2.71 bits per heavy atom. The summed E-state index contributed by atoms with van der Waals surface area (Å²) in [4.78, 5) is 15.8. The summed E-state index contributed by atoms with van der Waals surface area (Å²) in [6.07, 6.45) is 1.04. The molecule has 3 N–H and O–H groups in total. The summed E-state index contributed by atoms with van der Waals surface area (Å²) in [5.74, 6) is 0.851. The molecular formula is C14H17N5O4S. The van der Waals surface area contributed by atoms with Gasteiger partial charge in [-0.1, -0.05) is 0 Å². The van der Waals surface area contributed by atoms with Gasteiger partial charge in [-0.05, 0) is 12.1 Å². The first-order chi connectivity index (χ1) is 11.3. The maximum atomic E-state index is 12.2. The van der Waals surface area contributed by atoms with Crippen LogP contribution in [0, 0.1) is 0 Å². The summed E-state index contributed by atoms with van der Waals surface area (Å²) in [7, 11) is 0.818. The van der Waals surface area contributed by atoms with Crippen LogP contribution in [-0.2, 0) is 10.0 Å². The first kappa shape index (κ1) is 16.3. The number of aliphatic imine (C=N–C) groups is 1. The highest BCUT2D eigenvalue weighted by molar-refractivity contribution is 7.89. The predicted octanol–water partition coefficient (Wildman–Crippen LogP) is -0.224. The second-order valence-corrected chi connectivity index (χ2v) is 7.52. The number of amides is 2. The molecule has 128 valence electrons. The first-order valence-corrected chi connectivity index (χ1v) is 8.50. The number of sulfonamides is 1. The molecule has 2 amide bonds. The Morgan fingerprint density at radius 2 is 2.04 bits per heavy atom. The molecule has 3 rings (SSSR count). The minimum absolute atomic E-state index is 0.123. The van der Waals surface area contributed by atoms with E-state index in [4.69, 9.17) is 4.74 Å². The van der Waals surface area contributed by atoms with Gasteiger partial charge in [0, 0.05) is 26.4 Å².